The lowest BCUT2D eigenvalue weighted by atomic mass is 10.2. The van der Waals surface area contributed by atoms with Gasteiger partial charge in [-0.2, -0.15) is 18.2 Å². The third-order valence-electron chi connectivity index (χ3n) is 2.88. The minimum absolute atomic E-state index is 0.231. The molecule has 1 N–H and O–H groups in total. The van der Waals surface area contributed by atoms with Gasteiger partial charge in [0.25, 0.3) is 0 Å². The molecule has 0 radical (unpaired) electrons. The number of rotatable bonds is 6. The summed E-state index contributed by atoms with van der Waals surface area (Å²) in [4.78, 5) is 3.88. The molecule has 1 fully saturated rings. The molecule has 108 valence electrons. The van der Waals surface area contributed by atoms with Crippen LogP contribution in [0.3, 0.4) is 0 Å². The van der Waals surface area contributed by atoms with Crippen LogP contribution in [0.2, 0.25) is 0 Å². The number of aliphatic hydroxyl groups is 1. The highest BCUT2D eigenvalue weighted by Crippen LogP contribution is 2.42. The van der Waals surface area contributed by atoms with Crippen LogP contribution in [0, 0.1) is 5.92 Å². The molecule has 0 spiro atoms. The van der Waals surface area contributed by atoms with Crippen molar-refractivity contribution in [2.24, 2.45) is 5.92 Å². The zero-order valence-electron chi connectivity index (χ0n) is 10.4. The summed E-state index contributed by atoms with van der Waals surface area (Å²) in [5.41, 5.74) is 0. The molecule has 5 nitrogen and oxygen atoms in total. The molecule has 1 aromatic rings. The van der Waals surface area contributed by atoms with E-state index >= 15 is 0 Å². The van der Waals surface area contributed by atoms with E-state index < -0.39 is 18.7 Å². The molecule has 1 heterocycles. The summed E-state index contributed by atoms with van der Waals surface area (Å²) in [6, 6.07) is 0. The molecule has 2 rings (SSSR count). The van der Waals surface area contributed by atoms with Crippen molar-refractivity contribution in [3.63, 3.8) is 0 Å². The van der Waals surface area contributed by atoms with Gasteiger partial charge in [0.1, 0.15) is 6.10 Å². The summed E-state index contributed by atoms with van der Waals surface area (Å²) in [5, 5.41) is 12.6. The first kappa shape index (κ1) is 14.3. The summed E-state index contributed by atoms with van der Waals surface area (Å²) in [7, 11) is 0. The third kappa shape index (κ3) is 3.66. The van der Waals surface area contributed by atoms with E-state index in [2.05, 4.69) is 10.1 Å². The first-order valence-corrected chi connectivity index (χ1v) is 6.10. The van der Waals surface area contributed by atoms with Crippen molar-refractivity contribution < 1.29 is 27.5 Å². The highest BCUT2D eigenvalue weighted by Gasteiger charge is 2.40. The van der Waals surface area contributed by atoms with Crippen molar-refractivity contribution >= 4 is 0 Å². The van der Waals surface area contributed by atoms with Crippen LogP contribution in [0.15, 0.2) is 4.52 Å². The normalized spacial score (nSPS) is 19.4. The van der Waals surface area contributed by atoms with E-state index in [1.54, 1.807) is 0 Å². The van der Waals surface area contributed by atoms with Crippen LogP contribution in [0.1, 0.15) is 37.6 Å². The van der Waals surface area contributed by atoms with Gasteiger partial charge in [-0.3, -0.25) is 0 Å². The smallest absolute Gasteiger partial charge is 0.383 e. The van der Waals surface area contributed by atoms with E-state index in [1.807, 2.05) is 6.92 Å². The molecular formula is C11H15F3N2O3. The molecule has 1 saturated carbocycles. The van der Waals surface area contributed by atoms with Crippen molar-refractivity contribution in [2.75, 3.05) is 6.61 Å². The number of aliphatic hydroxyl groups excluding tert-OH is 1. The van der Waals surface area contributed by atoms with Crippen molar-refractivity contribution in [3.05, 3.63) is 11.7 Å². The van der Waals surface area contributed by atoms with E-state index in [-0.39, 0.29) is 17.8 Å². The first-order valence-electron chi connectivity index (χ1n) is 6.10. The van der Waals surface area contributed by atoms with E-state index in [0.29, 0.717) is 12.5 Å². The second-order valence-electron chi connectivity index (χ2n) is 4.52. The molecule has 1 aliphatic rings. The van der Waals surface area contributed by atoms with Crippen molar-refractivity contribution in [1.82, 2.24) is 10.1 Å². The molecular weight excluding hydrogens is 265 g/mol. The van der Waals surface area contributed by atoms with Crippen molar-refractivity contribution in [2.45, 2.75) is 44.6 Å². The minimum atomic E-state index is -4.69. The van der Waals surface area contributed by atoms with Crippen LogP contribution in [-0.4, -0.2) is 34.1 Å². The van der Waals surface area contributed by atoms with Crippen LogP contribution < -0.4 is 0 Å². The zero-order valence-corrected chi connectivity index (χ0v) is 10.4. The Morgan fingerprint density at radius 1 is 1.47 bits per heavy atom. The topological polar surface area (TPSA) is 68.4 Å². The second kappa shape index (κ2) is 5.46. The molecule has 19 heavy (non-hydrogen) atoms. The summed E-state index contributed by atoms with van der Waals surface area (Å²) in [5.74, 6) is 0.330. The Labute approximate surface area is 107 Å². The van der Waals surface area contributed by atoms with Gasteiger partial charge in [0.15, 0.2) is 6.10 Å². The van der Waals surface area contributed by atoms with Crippen LogP contribution >= 0.6 is 0 Å². The first-order chi connectivity index (χ1) is 8.91. The highest BCUT2D eigenvalue weighted by atomic mass is 19.4. The molecule has 2 atom stereocenters. The lowest BCUT2D eigenvalue weighted by Crippen LogP contribution is -2.30. The maximum absolute atomic E-state index is 12.2. The summed E-state index contributed by atoms with van der Waals surface area (Å²) < 4.78 is 46.8. The van der Waals surface area contributed by atoms with Crippen molar-refractivity contribution in [3.8, 4) is 0 Å². The Hall–Kier alpha value is -1.15. The number of nitrogens with zero attached hydrogens (tertiary/aromatic N) is 2. The molecule has 8 heteroatoms. The van der Waals surface area contributed by atoms with Gasteiger partial charge in [0.05, 0.1) is 6.42 Å². The van der Waals surface area contributed by atoms with Gasteiger partial charge in [0.2, 0.25) is 11.7 Å². The standard InChI is InChI=1S/C11H15F3N2O3/c1-2-18-9(6-3-4-6)10-15-8(19-16-10)5-7(17)11(12,13)14/h6-7,9,17H,2-5H2,1H3. The fourth-order valence-electron chi connectivity index (χ4n) is 1.75. The minimum Gasteiger partial charge on any atom is -0.383 e. The largest absolute Gasteiger partial charge is 0.414 e. The molecule has 0 aromatic carbocycles. The summed E-state index contributed by atoms with van der Waals surface area (Å²) in [6.45, 7) is 2.29. The number of ether oxygens (including phenoxy) is 1. The Balaban J connectivity index is 2.01. The van der Waals surface area contributed by atoms with E-state index in [4.69, 9.17) is 14.4 Å². The molecule has 1 aliphatic carbocycles. The summed E-state index contributed by atoms with van der Waals surface area (Å²) >= 11 is 0. The van der Waals surface area contributed by atoms with Gasteiger partial charge < -0.3 is 14.4 Å². The van der Waals surface area contributed by atoms with Crippen LogP contribution in [-0.2, 0) is 11.2 Å². The monoisotopic (exact) mass is 280 g/mol. The molecule has 0 saturated heterocycles. The quantitative estimate of drug-likeness (QED) is 0.863. The fourth-order valence-corrected chi connectivity index (χ4v) is 1.75. The Morgan fingerprint density at radius 2 is 2.16 bits per heavy atom. The Morgan fingerprint density at radius 3 is 2.68 bits per heavy atom. The molecule has 2 unspecified atom stereocenters. The SMILES string of the molecule is CCOC(c1noc(CC(O)C(F)(F)F)n1)C1CC1. The molecule has 1 aromatic heterocycles. The van der Waals surface area contributed by atoms with Gasteiger partial charge in [-0.15, -0.1) is 0 Å². The van der Waals surface area contributed by atoms with E-state index in [9.17, 15) is 13.2 Å². The lowest BCUT2D eigenvalue weighted by Gasteiger charge is -2.12. The lowest BCUT2D eigenvalue weighted by molar-refractivity contribution is -0.204. The number of hydrogen-bond donors (Lipinski definition) is 1. The molecule has 0 bridgehead atoms. The van der Waals surface area contributed by atoms with Gasteiger partial charge in [-0.1, -0.05) is 5.16 Å². The molecule has 0 amide bonds. The summed E-state index contributed by atoms with van der Waals surface area (Å²) in [6.07, 6.45) is -6.28. The molecule has 0 aliphatic heterocycles. The maximum Gasteiger partial charge on any atom is 0.414 e. The third-order valence-corrected chi connectivity index (χ3v) is 2.88. The fraction of sp³-hybridized carbons (Fsp3) is 0.818. The van der Waals surface area contributed by atoms with E-state index in [0.717, 1.165) is 12.8 Å². The Kier molecular flexibility index (Phi) is 4.10. The average molecular weight is 280 g/mol. The van der Waals surface area contributed by atoms with Gasteiger partial charge in [-0.25, -0.2) is 0 Å². The predicted octanol–water partition coefficient (Wildman–Crippen LogP) is 2.02. The number of halogens is 3. The average Bonchev–Trinajstić information content (AvgIpc) is 3.05. The Bertz CT molecular complexity index is 418. The van der Waals surface area contributed by atoms with E-state index in [1.165, 1.54) is 0 Å². The van der Waals surface area contributed by atoms with Crippen LogP contribution in [0.4, 0.5) is 13.2 Å². The number of hydrogen-bond acceptors (Lipinski definition) is 5. The zero-order chi connectivity index (χ0) is 14.0. The number of alkyl halides is 3. The number of aromatic nitrogens is 2. The van der Waals surface area contributed by atoms with Crippen LogP contribution in [0.5, 0.6) is 0 Å². The predicted molar refractivity (Wildman–Crippen MR) is 57.2 cm³/mol. The maximum atomic E-state index is 12.2. The van der Waals surface area contributed by atoms with Crippen molar-refractivity contribution in [1.29, 1.82) is 0 Å². The highest BCUT2D eigenvalue weighted by molar-refractivity contribution is 4.99. The second-order valence-corrected chi connectivity index (χ2v) is 4.52. The van der Waals surface area contributed by atoms with Gasteiger partial charge >= 0.3 is 6.18 Å². The van der Waals surface area contributed by atoms with Crippen LogP contribution in [0.25, 0.3) is 0 Å². The van der Waals surface area contributed by atoms with Gasteiger partial charge in [0, 0.05) is 6.61 Å². The van der Waals surface area contributed by atoms with Gasteiger partial charge in [-0.05, 0) is 25.7 Å².